The highest BCUT2D eigenvalue weighted by molar-refractivity contribution is 6.05. The summed E-state index contributed by atoms with van der Waals surface area (Å²) in [6.07, 6.45) is 4.19. The predicted octanol–water partition coefficient (Wildman–Crippen LogP) is 3.37. The largest absolute Gasteiger partial charge is 0.322 e. The first-order chi connectivity index (χ1) is 12.0. The van der Waals surface area contributed by atoms with E-state index in [-0.39, 0.29) is 17.9 Å². The maximum atomic E-state index is 12.6. The van der Waals surface area contributed by atoms with Crippen LogP contribution in [0.4, 0.5) is 11.4 Å². The van der Waals surface area contributed by atoms with Gasteiger partial charge in [0.05, 0.1) is 11.3 Å². The number of aryl methyl sites for hydroxylation is 2. The van der Waals surface area contributed by atoms with Crippen molar-refractivity contribution in [2.24, 2.45) is 0 Å². The minimum Gasteiger partial charge on any atom is -0.322 e. The zero-order chi connectivity index (χ0) is 18.0. The van der Waals surface area contributed by atoms with E-state index >= 15 is 0 Å². The van der Waals surface area contributed by atoms with Crippen LogP contribution in [0.25, 0.3) is 0 Å². The van der Waals surface area contributed by atoms with Gasteiger partial charge in [-0.1, -0.05) is 13.0 Å². The van der Waals surface area contributed by atoms with Crippen LogP contribution >= 0.6 is 0 Å². The number of nitrogens with one attached hydrogen (secondary N) is 1. The van der Waals surface area contributed by atoms with Gasteiger partial charge in [0.2, 0.25) is 5.91 Å². The molecule has 0 saturated carbocycles. The number of aromatic nitrogens is 2. The van der Waals surface area contributed by atoms with Crippen LogP contribution in [-0.4, -0.2) is 27.6 Å². The summed E-state index contributed by atoms with van der Waals surface area (Å²) in [6.45, 7) is 6.74. The lowest BCUT2D eigenvalue weighted by Crippen LogP contribution is -2.30. The Balaban J connectivity index is 1.78. The fourth-order valence-electron chi connectivity index (χ4n) is 3.24. The van der Waals surface area contributed by atoms with E-state index < -0.39 is 0 Å². The average Bonchev–Trinajstić information content (AvgIpc) is 3.10. The van der Waals surface area contributed by atoms with Crippen LogP contribution in [0.5, 0.6) is 0 Å². The molecule has 25 heavy (non-hydrogen) atoms. The van der Waals surface area contributed by atoms with Crippen molar-refractivity contribution in [1.82, 2.24) is 9.78 Å². The second-order valence-electron chi connectivity index (χ2n) is 6.55. The second-order valence-corrected chi connectivity index (χ2v) is 6.55. The minimum atomic E-state index is -0.183. The zero-order valence-electron chi connectivity index (χ0n) is 15.0. The summed E-state index contributed by atoms with van der Waals surface area (Å²) in [5.41, 5.74) is 2.79. The summed E-state index contributed by atoms with van der Waals surface area (Å²) in [4.78, 5) is 26.5. The van der Waals surface area contributed by atoms with Gasteiger partial charge in [0.1, 0.15) is 0 Å². The molecular formula is C19H24N4O2. The van der Waals surface area contributed by atoms with Gasteiger partial charge < -0.3 is 10.2 Å². The van der Waals surface area contributed by atoms with E-state index in [2.05, 4.69) is 17.3 Å². The quantitative estimate of drug-likeness (QED) is 0.907. The van der Waals surface area contributed by atoms with Crippen molar-refractivity contribution >= 4 is 23.2 Å². The average molecular weight is 340 g/mol. The Morgan fingerprint density at radius 2 is 2.20 bits per heavy atom. The molecule has 1 aliphatic rings. The minimum absolute atomic E-state index is 0.132. The molecule has 0 radical (unpaired) electrons. The fourth-order valence-corrected chi connectivity index (χ4v) is 3.24. The maximum absolute atomic E-state index is 12.6. The standard InChI is InChI=1S/C19H24N4O2/c1-4-10-22-12-17(14(3)21-22)19(25)20-15-6-5-7-16(11-15)23-13(2)8-9-18(23)24/h5-7,11-13H,4,8-10H2,1-3H3,(H,20,25). The van der Waals surface area contributed by atoms with Crippen molar-refractivity contribution < 1.29 is 9.59 Å². The number of hydrogen-bond donors (Lipinski definition) is 1. The summed E-state index contributed by atoms with van der Waals surface area (Å²) < 4.78 is 1.80. The van der Waals surface area contributed by atoms with Crippen molar-refractivity contribution in [3.05, 3.63) is 41.7 Å². The summed E-state index contributed by atoms with van der Waals surface area (Å²) >= 11 is 0. The third-order valence-corrected chi connectivity index (χ3v) is 4.51. The number of rotatable bonds is 5. The Hall–Kier alpha value is -2.63. The number of anilines is 2. The van der Waals surface area contributed by atoms with E-state index in [1.54, 1.807) is 15.8 Å². The van der Waals surface area contributed by atoms with E-state index in [0.29, 0.717) is 23.4 Å². The second kappa shape index (κ2) is 7.09. The molecule has 132 valence electrons. The monoisotopic (exact) mass is 340 g/mol. The van der Waals surface area contributed by atoms with Crippen molar-refractivity contribution in [1.29, 1.82) is 0 Å². The van der Waals surface area contributed by atoms with Gasteiger partial charge in [-0.3, -0.25) is 14.3 Å². The van der Waals surface area contributed by atoms with Gasteiger partial charge in [0.15, 0.2) is 0 Å². The summed E-state index contributed by atoms with van der Waals surface area (Å²) in [6, 6.07) is 7.63. The molecular weight excluding hydrogens is 316 g/mol. The van der Waals surface area contributed by atoms with Crippen LogP contribution in [0.3, 0.4) is 0 Å². The van der Waals surface area contributed by atoms with Gasteiger partial charge in [-0.05, 0) is 44.9 Å². The Kier molecular flexibility index (Phi) is 4.88. The molecule has 6 nitrogen and oxygen atoms in total. The van der Waals surface area contributed by atoms with E-state index in [1.807, 2.05) is 38.1 Å². The lowest BCUT2D eigenvalue weighted by molar-refractivity contribution is -0.117. The zero-order valence-corrected chi connectivity index (χ0v) is 15.0. The Morgan fingerprint density at radius 1 is 1.40 bits per heavy atom. The predicted molar refractivity (Wildman–Crippen MR) is 97.8 cm³/mol. The van der Waals surface area contributed by atoms with Crippen molar-refractivity contribution in [3.8, 4) is 0 Å². The number of carbonyl (C=O) groups excluding carboxylic acids is 2. The third-order valence-electron chi connectivity index (χ3n) is 4.51. The van der Waals surface area contributed by atoms with Gasteiger partial charge in [0.25, 0.3) is 5.91 Å². The molecule has 1 aliphatic heterocycles. The Labute approximate surface area is 147 Å². The van der Waals surface area contributed by atoms with E-state index in [9.17, 15) is 9.59 Å². The highest BCUT2D eigenvalue weighted by Crippen LogP contribution is 2.28. The third kappa shape index (κ3) is 3.57. The van der Waals surface area contributed by atoms with Gasteiger partial charge in [-0.15, -0.1) is 0 Å². The molecule has 1 fully saturated rings. The van der Waals surface area contributed by atoms with Crippen molar-refractivity contribution in [2.75, 3.05) is 10.2 Å². The number of benzene rings is 1. The molecule has 1 aromatic heterocycles. The normalized spacial score (nSPS) is 17.2. The molecule has 0 spiro atoms. The van der Waals surface area contributed by atoms with Crippen LogP contribution < -0.4 is 10.2 Å². The topological polar surface area (TPSA) is 67.2 Å². The molecule has 2 aromatic rings. The molecule has 0 bridgehead atoms. The Bertz CT molecular complexity index is 796. The first-order valence-electron chi connectivity index (χ1n) is 8.77. The summed E-state index contributed by atoms with van der Waals surface area (Å²) in [5, 5.41) is 7.28. The molecule has 2 heterocycles. The van der Waals surface area contributed by atoms with E-state index in [0.717, 1.165) is 25.1 Å². The number of hydrogen-bond acceptors (Lipinski definition) is 3. The highest BCUT2D eigenvalue weighted by Gasteiger charge is 2.28. The van der Waals surface area contributed by atoms with Gasteiger partial charge in [-0.2, -0.15) is 5.10 Å². The van der Waals surface area contributed by atoms with Gasteiger partial charge >= 0.3 is 0 Å². The first-order valence-corrected chi connectivity index (χ1v) is 8.77. The summed E-state index contributed by atoms with van der Waals surface area (Å²) in [5.74, 6) is -0.0505. The lowest BCUT2D eigenvalue weighted by atomic mass is 10.2. The number of carbonyl (C=O) groups is 2. The molecule has 0 aliphatic carbocycles. The van der Waals surface area contributed by atoms with Crippen LogP contribution in [0, 0.1) is 6.92 Å². The van der Waals surface area contributed by atoms with Crippen LogP contribution in [-0.2, 0) is 11.3 Å². The van der Waals surface area contributed by atoms with Gasteiger partial charge in [0, 0.05) is 36.6 Å². The highest BCUT2D eigenvalue weighted by atomic mass is 16.2. The number of nitrogens with zero attached hydrogens (tertiary/aromatic N) is 3. The molecule has 1 N–H and O–H groups in total. The molecule has 1 aromatic carbocycles. The van der Waals surface area contributed by atoms with Crippen LogP contribution in [0.2, 0.25) is 0 Å². The molecule has 6 heteroatoms. The smallest absolute Gasteiger partial charge is 0.259 e. The molecule has 1 saturated heterocycles. The molecule has 3 rings (SSSR count). The van der Waals surface area contributed by atoms with Crippen molar-refractivity contribution in [3.63, 3.8) is 0 Å². The SMILES string of the molecule is CCCn1cc(C(=O)Nc2cccc(N3C(=O)CCC3C)c2)c(C)n1. The first kappa shape index (κ1) is 17.2. The summed E-state index contributed by atoms with van der Waals surface area (Å²) in [7, 11) is 0. The number of amides is 2. The van der Waals surface area contributed by atoms with Gasteiger partial charge in [-0.25, -0.2) is 0 Å². The van der Waals surface area contributed by atoms with E-state index in [1.165, 1.54) is 0 Å². The van der Waals surface area contributed by atoms with Crippen LogP contribution in [0.1, 0.15) is 49.2 Å². The maximum Gasteiger partial charge on any atom is 0.259 e. The lowest BCUT2D eigenvalue weighted by Gasteiger charge is -2.22. The molecule has 1 atom stereocenters. The fraction of sp³-hybridized carbons (Fsp3) is 0.421. The molecule has 2 amide bonds. The van der Waals surface area contributed by atoms with Crippen molar-refractivity contribution in [2.45, 2.75) is 52.6 Å². The molecule has 1 unspecified atom stereocenters. The Morgan fingerprint density at radius 3 is 2.88 bits per heavy atom. The van der Waals surface area contributed by atoms with Crippen LogP contribution in [0.15, 0.2) is 30.5 Å². The van der Waals surface area contributed by atoms with E-state index in [4.69, 9.17) is 0 Å².